The SMILES string of the molecule is CC(N)C=NC(=O)c1ccccc1. The number of carbonyl (C=O) groups excluding carboxylic acids is 1. The van der Waals surface area contributed by atoms with Crippen molar-refractivity contribution in [3.05, 3.63) is 35.9 Å². The number of hydrogen-bond acceptors (Lipinski definition) is 2. The summed E-state index contributed by atoms with van der Waals surface area (Å²) in [4.78, 5) is 15.0. The zero-order valence-electron chi connectivity index (χ0n) is 7.47. The van der Waals surface area contributed by atoms with E-state index in [1.165, 1.54) is 6.21 Å². The fourth-order valence-corrected chi connectivity index (χ4v) is 0.841. The van der Waals surface area contributed by atoms with Crippen LogP contribution in [0.25, 0.3) is 0 Å². The predicted octanol–water partition coefficient (Wildman–Crippen LogP) is 1.24. The molecule has 1 amide bonds. The zero-order valence-corrected chi connectivity index (χ0v) is 7.47. The third-order valence-electron chi connectivity index (χ3n) is 1.45. The van der Waals surface area contributed by atoms with Gasteiger partial charge in [-0.1, -0.05) is 18.2 Å². The minimum absolute atomic E-state index is 0.187. The molecule has 68 valence electrons. The molecule has 1 rings (SSSR count). The molecular formula is C10H12N2O. The van der Waals surface area contributed by atoms with Crippen LogP contribution in [-0.2, 0) is 0 Å². The summed E-state index contributed by atoms with van der Waals surface area (Å²) in [5, 5.41) is 0. The van der Waals surface area contributed by atoms with E-state index in [1.807, 2.05) is 6.07 Å². The van der Waals surface area contributed by atoms with E-state index in [9.17, 15) is 4.79 Å². The van der Waals surface area contributed by atoms with Crippen LogP contribution in [0.3, 0.4) is 0 Å². The number of hydrogen-bond donors (Lipinski definition) is 1. The van der Waals surface area contributed by atoms with E-state index in [-0.39, 0.29) is 11.9 Å². The van der Waals surface area contributed by atoms with Gasteiger partial charge in [-0.25, -0.2) is 4.99 Å². The van der Waals surface area contributed by atoms with E-state index < -0.39 is 0 Å². The first-order chi connectivity index (χ1) is 6.20. The Balaban J connectivity index is 2.70. The topological polar surface area (TPSA) is 55.4 Å². The second-order valence-electron chi connectivity index (χ2n) is 2.81. The van der Waals surface area contributed by atoms with Crippen molar-refractivity contribution in [2.75, 3.05) is 0 Å². The minimum Gasteiger partial charge on any atom is -0.323 e. The van der Waals surface area contributed by atoms with Crippen molar-refractivity contribution < 1.29 is 4.79 Å². The van der Waals surface area contributed by atoms with Crippen LogP contribution >= 0.6 is 0 Å². The first-order valence-electron chi connectivity index (χ1n) is 4.09. The highest BCUT2D eigenvalue weighted by Crippen LogP contribution is 1.99. The van der Waals surface area contributed by atoms with Crippen molar-refractivity contribution >= 4 is 12.1 Å². The Kier molecular flexibility index (Phi) is 3.34. The fourth-order valence-electron chi connectivity index (χ4n) is 0.841. The van der Waals surface area contributed by atoms with Crippen LogP contribution in [0.1, 0.15) is 17.3 Å². The Morgan fingerprint density at radius 2 is 2.08 bits per heavy atom. The van der Waals surface area contributed by atoms with Gasteiger partial charge < -0.3 is 5.73 Å². The average molecular weight is 176 g/mol. The molecule has 13 heavy (non-hydrogen) atoms. The smallest absolute Gasteiger partial charge is 0.276 e. The van der Waals surface area contributed by atoms with Gasteiger partial charge in [-0.2, -0.15) is 0 Å². The van der Waals surface area contributed by atoms with Crippen molar-refractivity contribution in [1.29, 1.82) is 0 Å². The van der Waals surface area contributed by atoms with Crippen LogP contribution in [0.5, 0.6) is 0 Å². The molecule has 0 aliphatic rings. The summed E-state index contributed by atoms with van der Waals surface area (Å²) in [5.74, 6) is -0.252. The Morgan fingerprint density at radius 1 is 1.46 bits per heavy atom. The van der Waals surface area contributed by atoms with E-state index in [0.717, 1.165) is 0 Å². The number of aliphatic imine (C=N–C) groups is 1. The summed E-state index contributed by atoms with van der Waals surface area (Å²) in [6.45, 7) is 1.77. The number of benzene rings is 1. The first kappa shape index (κ1) is 9.61. The van der Waals surface area contributed by atoms with E-state index in [0.29, 0.717) is 5.56 Å². The molecule has 1 unspecified atom stereocenters. The molecule has 0 heterocycles. The van der Waals surface area contributed by atoms with Crippen LogP contribution in [-0.4, -0.2) is 18.2 Å². The Bertz CT molecular complexity index is 304. The average Bonchev–Trinajstić information content (AvgIpc) is 2.15. The lowest BCUT2D eigenvalue weighted by Gasteiger charge is -1.95. The van der Waals surface area contributed by atoms with Gasteiger partial charge in [-0.15, -0.1) is 0 Å². The summed E-state index contributed by atoms with van der Waals surface area (Å²) in [6, 6.07) is 8.71. The molecule has 0 aromatic heterocycles. The van der Waals surface area contributed by atoms with Gasteiger partial charge in [-0.3, -0.25) is 4.79 Å². The molecule has 0 saturated carbocycles. The molecule has 0 radical (unpaired) electrons. The molecule has 0 spiro atoms. The highest BCUT2D eigenvalue weighted by Gasteiger charge is 2.00. The highest BCUT2D eigenvalue weighted by atomic mass is 16.1. The maximum atomic E-state index is 11.3. The highest BCUT2D eigenvalue weighted by molar-refractivity contribution is 5.99. The summed E-state index contributed by atoms with van der Waals surface area (Å²) in [5.41, 5.74) is 6.00. The predicted molar refractivity (Wildman–Crippen MR) is 52.9 cm³/mol. The standard InChI is InChI=1S/C10H12N2O/c1-8(11)7-12-10(13)9-5-3-2-4-6-9/h2-8H,11H2,1H3. The largest absolute Gasteiger partial charge is 0.323 e. The van der Waals surface area contributed by atoms with Gasteiger partial charge in [-0.05, 0) is 19.1 Å². The zero-order chi connectivity index (χ0) is 9.68. The van der Waals surface area contributed by atoms with Crippen LogP contribution in [0, 0.1) is 0 Å². The molecule has 0 aliphatic carbocycles. The molecule has 3 heteroatoms. The number of nitrogens with zero attached hydrogens (tertiary/aromatic N) is 1. The normalized spacial score (nSPS) is 13.1. The molecule has 1 aromatic carbocycles. The lowest BCUT2D eigenvalue weighted by molar-refractivity contribution is 0.100. The molecule has 0 aliphatic heterocycles. The number of carbonyl (C=O) groups is 1. The lowest BCUT2D eigenvalue weighted by Crippen LogP contribution is -2.16. The fraction of sp³-hybridized carbons (Fsp3) is 0.200. The second-order valence-corrected chi connectivity index (χ2v) is 2.81. The quantitative estimate of drug-likeness (QED) is 0.689. The number of nitrogens with two attached hydrogens (primary N) is 1. The van der Waals surface area contributed by atoms with Gasteiger partial charge in [0, 0.05) is 17.8 Å². The Hall–Kier alpha value is -1.48. The monoisotopic (exact) mass is 176 g/mol. The van der Waals surface area contributed by atoms with Crippen molar-refractivity contribution in [3.8, 4) is 0 Å². The van der Waals surface area contributed by atoms with Crippen LogP contribution < -0.4 is 5.73 Å². The third-order valence-corrected chi connectivity index (χ3v) is 1.45. The van der Waals surface area contributed by atoms with Crippen LogP contribution in [0.2, 0.25) is 0 Å². The van der Waals surface area contributed by atoms with Gasteiger partial charge in [0.05, 0.1) is 0 Å². The second kappa shape index (κ2) is 4.52. The Labute approximate surface area is 77.3 Å². The number of rotatable bonds is 2. The van der Waals surface area contributed by atoms with Gasteiger partial charge in [0.1, 0.15) is 0 Å². The molecule has 0 bridgehead atoms. The van der Waals surface area contributed by atoms with Gasteiger partial charge in [0.2, 0.25) is 0 Å². The van der Waals surface area contributed by atoms with E-state index in [4.69, 9.17) is 5.73 Å². The number of amides is 1. The van der Waals surface area contributed by atoms with E-state index in [1.54, 1.807) is 31.2 Å². The van der Waals surface area contributed by atoms with Gasteiger partial charge in [0.25, 0.3) is 5.91 Å². The maximum absolute atomic E-state index is 11.3. The summed E-state index contributed by atoms with van der Waals surface area (Å²) in [7, 11) is 0. The van der Waals surface area contributed by atoms with E-state index in [2.05, 4.69) is 4.99 Å². The van der Waals surface area contributed by atoms with Gasteiger partial charge >= 0.3 is 0 Å². The third kappa shape index (κ3) is 3.17. The molecule has 2 N–H and O–H groups in total. The van der Waals surface area contributed by atoms with Crippen LogP contribution in [0.15, 0.2) is 35.3 Å². The summed E-state index contributed by atoms with van der Waals surface area (Å²) >= 11 is 0. The summed E-state index contributed by atoms with van der Waals surface area (Å²) in [6.07, 6.45) is 1.44. The lowest BCUT2D eigenvalue weighted by atomic mass is 10.2. The van der Waals surface area contributed by atoms with Crippen molar-refractivity contribution in [2.24, 2.45) is 10.7 Å². The molecular weight excluding hydrogens is 164 g/mol. The van der Waals surface area contributed by atoms with Crippen molar-refractivity contribution in [2.45, 2.75) is 13.0 Å². The first-order valence-corrected chi connectivity index (χ1v) is 4.09. The van der Waals surface area contributed by atoms with Crippen LogP contribution in [0.4, 0.5) is 0 Å². The van der Waals surface area contributed by atoms with E-state index >= 15 is 0 Å². The maximum Gasteiger partial charge on any atom is 0.276 e. The molecule has 1 aromatic rings. The molecule has 0 saturated heterocycles. The van der Waals surface area contributed by atoms with Crippen molar-refractivity contribution in [3.63, 3.8) is 0 Å². The molecule has 0 fully saturated rings. The molecule has 3 nitrogen and oxygen atoms in total. The van der Waals surface area contributed by atoms with Crippen molar-refractivity contribution in [1.82, 2.24) is 0 Å². The van der Waals surface area contributed by atoms with Gasteiger partial charge in [0.15, 0.2) is 0 Å². The summed E-state index contributed by atoms with van der Waals surface area (Å²) < 4.78 is 0. The molecule has 1 atom stereocenters. The Morgan fingerprint density at radius 3 is 2.62 bits per heavy atom. The minimum atomic E-state index is -0.252.